The van der Waals surface area contributed by atoms with Gasteiger partial charge in [0.2, 0.25) is 0 Å². The number of ether oxygens (including phenoxy) is 1. The van der Waals surface area contributed by atoms with Gasteiger partial charge in [-0.1, -0.05) is 56.9 Å². The van der Waals surface area contributed by atoms with Gasteiger partial charge in [0.25, 0.3) is 0 Å². The van der Waals surface area contributed by atoms with E-state index in [1.807, 2.05) is 12.1 Å². The first kappa shape index (κ1) is 19.8. The van der Waals surface area contributed by atoms with Crippen LogP contribution in [0.15, 0.2) is 55.1 Å². The topological polar surface area (TPSA) is 72.3 Å². The van der Waals surface area contributed by atoms with Gasteiger partial charge in [0.1, 0.15) is 22.4 Å². The molecule has 144 valence electrons. The molecular weight excluding hydrogens is 372 g/mol. The number of benzene rings is 2. The average molecular weight is 394 g/mol. The largest absolute Gasteiger partial charge is 0.489 e. The van der Waals surface area contributed by atoms with Crippen molar-refractivity contribution >= 4 is 17.3 Å². The number of carbonyl (C=O) groups is 1. The number of rotatable bonds is 6. The van der Waals surface area contributed by atoms with Crippen LogP contribution in [-0.4, -0.2) is 27.9 Å². The molecule has 3 aromatic rings. The summed E-state index contributed by atoms with van der Waals surface area (Å²) in [7, 11) is 0. The SMILES string of the molecule is C=CCOc1ccc(-c2nnc(-c3ccc(C(=O)O)cc3)s2)cc1C(C)(C)C. The molecule has 0 aliphatic rings. The number of hydrogen-bond acceptors (Lipinski definition) is 5. The fourth-order valence-corrected chi connectivity index (χ4v) is 3.58. The van der Waals surface area contributed by atoms with Crippen LogP contribution in [0.25, 0.3) is 21.1 Å². The van der Waals surface area contributed by atoms with Crippen LogP contribution in [0.4, 0.5) is 0 Å². The van der Waals surface area contributed by atoms with Crippen molar-refractivity contribution < 1.29 is 14.6 Å². The minimum atomic E-state index is -0.946. The minimum absolute atomic E-state index is 0.0906. The zero-order chi connectivity index (χ0) is 20.3. The first-order chi connectivity index (χ1) is 13.3. The maximum absolute atomic E-state index is 11.0. The Morgan fingerprint density at radius 1 is 1.11 bits per heavy atom. The summed E-state index contributed by atoms with van der Waals surface area (Å²) < 4.78 is 5.81. The molecule has 1 heterocycles. The summed E-state index contributed by atoms with van der Waals surface area (Å²) in [6, 6.07) is 12.7. The minimum Gasteiger partial charge on any atom is -0.489 e. The van der Waals surface area contributed by atoms with E-state index in [2.05, 4.69) is 43.6 Å². The summed E-state index contributed by atoms with van der Waals surface area (Å²) >= 11 is 1.47. The van der Waals surface area contributed by atoms with E-state index < -0.39 is 5.97 Å². The Balaban J connectivity index is 1.94. The molecule has 0 saturated heterocycles. The number of hydrogen-bond donors (Lipinski definition) is 1. The van der Waals surface area contributed by atoms with E-state index in [1.54, 1.807) is 30.3 Å². The normalized spacial score (nSPS) is 11.2. The van der Waals surface area contributed by atoms with Gasteiger partial charge in [0, 0.05) is 16.7 Å². The highest BCUT2D eigenvalue weighted by molar-refractivity contribution is 7.17. The van der Waals surface area contributed by atoms with Crippen LogP contribution >= 0.6 is 11.3 Å². The zero-order valence-corrected chi connectivity index (χ0v) is 16.9. The Hall–Kier alpha value is -2.99. The van der Waals surface area contributed by atoms with Crippen molar-refractivity contribution in [1.29, 1.82) is 0 Å². The van der Waals surface area contributed by atoms with Gasteiger partial charge < -0.3 is 9.84 Å². The monoisotopic (exact) mass is 394 g/mol. The molecule has 0 bridgehead atoms. The van der Waals surface area contributed by atoms with Crippen molar-refractivity contribution in [2.24, 2.45) is 0 Å². The summed E-state index contributed by atoms with van der Waals surface area (Å²) in [6.45, 7) is 10.6. The van der Waals surface area contributed by atoms with E-state index in [4.69, 9.17) is 9.84 Å². The summed E-state index contributed by atoms with van der Waals surface area (Å²) in [5.74, 6) is -0.108. The number of aromatic carboxylic acids is 1. The second-order valence-electron chi connectivity index (χ2n) is 7.36. The molecule has 6 heteroatoms. The Kier molecular flexibility index (Phi) is 5.61. The maximum atomic E-state index is 11.0. The summed E-state index contributed by atoms with van der Waals surface area (Å²) in [4.78, 5) is 11.0. The van der Waals surface area contributed by atoms with Gasteiger partial charge in [-0.3, -0.25) is 0 Å². The van der Waals surface area contributed by atoms with Crippen LogP contribution in [0.3, 0.4) is 0 Å². The third-order valence-corrected chi connectivity index (χ3v) is 5.22. The quantitative estimate of drug-likeness (QED) is 0.564. The van der Waals surface area contributed by atoms with Gasteiger partial charge in [0.05, 0.1) is 5.56 Å². The smallest absolute Gasteiger partial charge is 0.335 e. The molecule has 0 saturated carbocycles. The van der Waals surface area contributed by atoms with E-state index in [-0.39, 0.29) is 11.0 Å². The Labute approximate surface area is 168 Å². The third kappa shape index (κ3) is 4.28. The summed E-state index contributed by atoms with van der Waals surface area (Å²) in [5.41, 5.74) is 3.07. The molecule has 0 fully saturated rings. The van der Waals surface area contributed by atoms with Crippen LogP contribution in [0, 0.1) is 0 Å². The lowest BCUT2D eigenvalue weighted by Gasteiger charge is -2.23. The summed E-state index contributed by atoms with van der Waals surface area (Å²) in [5, 5.41) is 19.2. The van der Waals surface area contributed by atoms with Crippen LogP contribution in [0.1, 0.15) is 36.7 Å². The number of carboxylic acid groups (broad SMARTS) is 1. The van der Waals surface area contributed by atoms with Crippen LogP contribution < -0.4 is 4.74 Å². The molecule has 3 rings (SSSR count). The molecule has 2 aromatic carbocycles. The van der Waals surface area contributed by atoms with Gasteiger partial charge in [-0.2, -0.15) is 0 Å². The van der Waals surface area contributed by atoms with Gasteiger partial charge >= 0.3 is 5.97 Å². The Morgan fingerprint density at radius 3 is 2.29 bits per heavy atom. The molecule has 0 unspecified atom stereocenters. The maximum Gasteiger partial charge on any atom is 0.335 e. The molecule has 0 spiro atoms. The van der Waals surface area contributed by atoms with Crippen LogP contribution in [-0.2, 0) is 5.41 Å². The van der Waals surface area contributed by atoms with Crippen molar-refractivity contribution in [3.63, 3.8) is 0 Å². The second kappa shape index (κ2) is 7.94. The highest BCUT2D eigenvalue weighted by Crippen LogP contribution is 2.37. The predicted octanol–water partition coefficient (Wildman–Crippen LogP) is 5.43. The van der Waals surface area contributed by atoms with Crippen molar-refractivity contribution in [2.45, 2.75) is 26.2 Å². The summed E-state index contributed by atoms with van der Waals surface area (Å²) in [6.07, 6.45) is 1.73. The lowest BCUT2D eigenvalue weighted by Crippen LogP contribution is -2.13. The molecular formula is C22H22N2O3S. The van der Waals surface area contributed by atoms with Crippen molar-refractivity contribution in [3.05, 3.63) is 66.2 Å². The molecule has 0 aliphatic heterocycles. The van der Waals surface area contributed by atoms with Gasteiger partial charge in [-0.05, 0) is 35.7 Å². The first-order valence-electron chi connectivity index (χ1n) is 8.85. The highest BCUT2D eigenvalue weighted by atomic mass is 32.1. The van der Waals surface area contributed by atoms with Crippen LogP contribution in [0.2, 0.25) is 0 Å². The predicted molar refractivity (Wildman–Crippen MR) is 112 cm³/mol. The molecule has 0 aliphatic carbocycles. The zero-order valence-electron chi connectivity index (χ0n) is 16.1. The number of nitrogens with zero attached hydrogens (tertiary/aromatic N) is 2. The fraction of sp³-hybridized carbons (Fsp3) is 0.227. The van der Waals surface area contributed by atoms with Crippen molar-refractivity contribution in [2.75, 3.05) is 6.61 Å². The average Bonchev–Trinajstić information content (AvgIpc) is 3.15. The molecule has 1 N–H and O–H groups in total. The van der Waals surface area contributed by atoms with Crippen molar-refractivity contribution in [1.82, 2.24) is 10.2 Å². The van der Waals surface area contributed by atoms with Gasteiger partial charge in [-0.15, -0.1) is 10.2 Å². The van der Waals surface area contributed by atoms with E-state index in [0.29, 0.717) is 6.61 Å². The van der Waals surface area contributed by atoms with E-state index >= 15 is 0 Å². The molecule has 28 heavy (non-hydrogen) atoms. The van der Waals surface area contributed by atoms with Gasteiger partial charge in [0.15, 0.2) is 0 Å². The third-order valence-electron chi connectivity index (χ3n) is 4.20. The lowest BCUT2D eigenvalue weighted by atomic mass is 9.85. The first-order valence-corrected chi connectivity index (χ1v) is 9.67. The lowest BCUT2D eigenvalue weighted by molar-refractivity contribution is 0.0697. The molecule has 0 atom stereocenters. The Morgan fingerprint density at radius 2 is 1.71 bits per heavy atom. The second-order valence-corrected chi connectivity index (χ2v) is 8.33. The Bertz CT molecular complexity index is 1000. The van der Waals surface area contributed by atoms with Crippen molar-refractivity contribution in [3.8, 4) is 26.9 Å². The molecule has 1 aromatic heterocycles. The van der Waals surface area contributed by atoms with E-state index in [9.17, 15) is 4.79 Å². The van der Waals surface area contributed by atoms with E-state index in [1.165, 1.54) is 11.3 Å². The van der Waals surface area contributed by atoms with Gasteiger partial charge in [-0.25, -0.2) is 4.79 Å². The molecule has 0 amide bonds. The molecule has 5 nitrogen and oxygen atoms in total. The van der Waals surface area contributed by atoms with E-state index in [0.717, 1.165) is 32.5 Å². The molecule has 0 radical (unpaired) electrons. The number of carboxylic acids is 1. The number of aromatic nitrogens is 2. The van der Waals surface area contributed by atoms with Crippen LogP contribution in [0.5, 0.6) is 5.75 Å². The highest BCUT2D eigenvalue weighted by Gasteiger charge is 2.21. The standard InChI is InChI=1S/C22H22N2O3S/c1-5-12-27-18-11-10-16(13-17(18)22(2,3)4)20-24-23-19(28-20)14-6-8-15(9-7-14)21(25)26/h5-11,13H,1,12H2,2-4H3,(H,25,26). The fourth-order valence-electron chi connectivity index (χ4n) is 2.74.